The molecule has 5 heteroatoms. The Kier molecular flexibility index (Phi) is 3.78. The van der Waals surface area contributed by atoms with Crippen molar-refractivity contribution in [3.63, 3.8) is 0 Å². The average Bonchev–Trinajstić information content (AvgIpc) is 2.72. The molecule has 0 bridgehead atoms. The molecule has 1 saturated heterocycles. The van der Waals surface area contributed by atoms with Crippen LogP contribution in [0.15, 0.2) is 0 Å². The average molecular weight is 228 g/mol. The topological polar surface area (TPSA) is 60.9 Å². The highest BCUT2D eigenvalue weighted by molar-refractivity contribution is 5.79. The van der Waals surface area contributed by atoms with E-state index in [4.69, 9.17) is 0 Å². The minimum absolute atomic E-state index is 0.0703. The molecule has 1 N–H and O–H groups in total. The Labute approximate surface area is 96.0 Å². The minimum Gasteiger partial charge on any atom is -0.481 e. The summed E-state index contributed by atoms with van der Waals surface area (Å²) < 4.78 is 0. The Bertz CT molecular complexity index is 293. The predicted molar refractivity (Wildman–Crippen MR) is 60.2 cm³/mol. The van der Waals surface area contributed by atoms with Gasteiger partial charge >= 0.3 is 12.0 Å². The van der Waals surface area contributed by atoms with Crippen molar-refractivity contribution in [3.05, 3.63) is 0 Å². The quantitative estimate of drug-likeness (QED) is 0.790. The fraction of sp³-hybridized carbons (Fsp3) is 0.818. The van der Waals surface area contributed by atoms with Gasteiger partial charge in [0.1, 0.15) is 0 Å². The van der Waals surface area contributed by atoms with Crippen LogP contribution in [0.4, 0.5) is 4.79 Å². The minimum atomic E-state index is -0.788. The number of nitrogens with zero attached hydrogens (tertiary/aromatic N) is 2. The number of rotatable bonds is 3. The summed E-state index contributed by atoms with van der Waals surface area (Å²) >= 11 is 0. The zero-order valence-electron chi connectivity index (χ0n) is 10.2. The van der Waals surface area contributed by atoms with E-state index in [1.54, 1.807) is 16.8 Å². The molecule has 0 aliphatic carbocycles. The number of carbonyl (C=O) groups excluding carboxylic acids is 1. The summed E-state index contributed by atoms with van der Waals surface area (Å²) in [4.78, 5) is 26.3. The summed E-state index contributed by atoms with van der Waals surface area (Å²) in [5.41, 5.74) is -0.732. The van der Waals surface area contributed by atoms with Crippen LogP contribution in [-0.2, 0) is 4.79 Å². The Hall–Kier alpha value is -1.26. The van der Waals surface area contributed by atoms with E-state index in [1.165, 1.54) is 0 Å². The third-order valence-electron chi connectivity index (χ3n) is 3.56. The predicted octanol–water partition coefficient (Wildman–Crippen LogP) is 1.24. The third kappa shape index (κ3) is 2.13. The van der Waals surface area contributed by atoms with Gasteiger partial charge in [-0.3, -0.25) is 4.79 Å². The first-order valence-corrected chi connectivity index (χ1v) is 5.70. The SMILES string of the molecule is CCN(C)C(=O)N1CCC(CC)(C(=O)O)C1. The van der Waals surface area contributed by atoms with Crippen molar-refractivity contribution in [1.29, 1.82) is 0 Å². The molecule has 1 atom stereocenters. The van der Waals surface area contributed by atoms with Gasteiger partial charge in [-0.1, -0.05) is 6.92 Å². The van der Waals surface area contributed by atoms with Crippen molar-refractivity contribution in [1.82, 2.24) is 9.80 Å². The lowest BCUT2D eigenvalue weighted by atomic mass is 9.84. The van der Waals surface area contributed by atoms with E-state index in [0.29, 0.717) is 32.5 Å². The number of aliphatic carboxylic acids is 1. The summed E-state index contributed by atoms with van der Waals surface area (Å²) in [7, 11) is 1.73. The summed E-state index contributed by atoms with van der Waals surface area (Å²) in [5.74, 6) is -0.788. The van der Waals surface area contributed by atoms with Crippen LogP contribution in [0.1, 0.15) is 26.7 Å². The van der Waals surface area contributed by atoms with Gasteiger partial charge in [-0.25, -0.2) is 4.79 Å². The molecule has 1 rings (SSSR count). The maximum atomic E-state index is 11.9. The number of amides is 2. The molecule has 0 saturated carbocycles. The first-order valence-electron chi connectivity index (χ1n) is 5.70. The van der Waals surface area contributed by atoms with Crippen LogP contribution >= 0.6 is 0 Å². The van der Waals surface area contributed by atoms with E-state index in [-0.39, 0.29) is 6.03 Å². The zero-order chi connectivity index (χ0) is 12.3. The molecule has 1 aliphatic rings. The molecule has 0 aromatic rings. The van der Waals surface area contributed by atoms with E-state index in [0.717, 1.165) is 0 Å². The second-order valence-corrected chi connectivity index (χ2v) is 4.41. The maximum Gasteiger partial charge on any atom is 0.319 e. The van der Waals surface area contributed by atoms with Gasteiger partial charge in [0.25, 0.3) is 0 Å². The number of carboxylic acid groups (broad SMARTS) is 1. The molecule has 0 spiro atoms. The fourth-order valence-electron chi connectivity index (χ4n) is 2.03. The maximum absolute atomic E-state index is 11.9. The van der Waals surface area contributed by atoms with Crippen molar-refractivity contribution >= 4 is 12.0 Å². The smallest absolute Gasteiger partial charge is 0.319 e. The fourth-order valence-corrected chi connectivity index (χ4v) is 2.03. The molecular formula is C11H20N2O3. The second kappa shape index (κ2) is 4.72. The Morgan fingerprint density at radius 1 is 1.44 bits per heavy atom. The van der Waals surface area contributed by atoms with Crippen molar-refractivity contribution in [2.75, 3.05) is 26.7 Å². The Morgan fingerprint density at radius 2 is 2.06 bits per heavy atom. The molecule has 1 unspecified atom stereocenters. The van der Waals surface area contributed by atoms with Gasteiger partial charge in [0.05, 0.1) is 5.41 Å². The van der Waals surface area contributed by atoms with Gasteiger partial charge < -0.3 is 14.9 Å². The number of likely N-dealkylation sites (tertiary alicyclic amines) is 1. The number of hydrogen-bond donors (Lipinski definition) is 1. The van der Waals surface area contributed by atoms with Crippen molar-refractivity contribution in [2.45, 2.75) is 26.7 Å². The van der Waals surface area contributed by atoms with E-state index < -0.39 is 11.4 Å². The molecule has 5 nitrogen and oxygen atoms in total. The first-order chi connectivity index (χ1) is 7.46. The molecule has 1 fully saturated rings. The molecule has 0 aromatic heterocycles. The molecule has 1 heterocycles. The Balaban J connectivity index is 2.71. The molecular weight excluding hydrogens is 208 g/mol. The second-order valence-electron chi connectivity index (χ2n) is 4.41. The summed E-state index contributed by atoms with van der Waals surface area (Å²) in [6, 6.07) is -0.0703. The lowest BCUT2D eigenvalue weighted by molar-refractivity contribution is -0.148. The standard InChI is InChI=1S/C11H20N2O3/c1-4-11(9(14)15)6-7-13(8-11)10(16)12(3)5-2/h4-8H2,1-3H3,(H,14,15). The number of hydrogen-bond acceptors (Lipinski definition) is 2. The van der Waals surface area contributed by atoms with Crippen molar-refractivity contribution < 1.29 is 14.7 Å². The van der Waals surface area contributed by atoms with E-state index in [1.807, 2.05) is 13.8 Å². The lowest BCUT2D eigenvalue weighted by Gasteiger charge is -2.26. The normalized spacial score (nSPS) is 24.6. The van der Waals surface area contributed by atoms with Gasteiger partial charge in [-0.15, -0.1) is 0 Å². The van der Waals surface area contributed by atoms with E-state index in [2.05, 4.69) is 0 Å². The van der Waals surface area contributed by atoms with Crippen LogP contribution in [0.2, 0.25) is 0 Å². The third-order valence-corrected chi connectivity index (χ3v) is 3.56. The summed E-state index contributed by atoms with van der Waals surface area (Å²) in [6.45, 7) is 5.29. The van der Waals surface area contributed by atoms with Crippen LogP contribution in [-0.4, -0.2) is 53.6 Å². The van der Waals surface area contributed by atoms with Gasteiger partial charge in [0.2, 0.25) is 0 Å². The highest BCUT2D eigenvalue weighted by Gasteiger charge is 2.45. The van der Waals surface area contributed by atoms with Crippen LogP contribution in [0.5, 0.6) is 0 Å². The largest absolute Gasteiger partial charge is 0.481 e. The van der Waals surface area contributed by atoms with Crippen LogP contribution in [0.3, 0.4) is 0 Å². The highest BCUT2D eigenvalue weighted by atomic mass is 16.4. The highest BCUT2D eigenvalue weighted by Crippen LogP contribution is 2.34. The molecule has 0 radical (unpaired) electrons. The van der Waals surface area contributed by atoms with Crippen LogP contribution in [0, 0.1) is 5.41 Å². The zero-order valence-corrected chi connectivity index (χ0v) is 10.2. The van der Waals surface area contributed by atoms with Gasteiger partial charge in [-0.2, -0.15) is 0 Å². The van der Waals surface area contributed by atoms with Gasteiger partial charge in [0.15, 0.2) is 0 Å². The summed E-state index contributed by atoms with van der Waals surface area (Å²) in [6.07, 6.45) is 1.13. The van der Waals surface area contributed by atoms with Crippen molar-refractivity contribution in [3.8, 4) is 0 Å². The number of carbonyl (C=O) groups is 2. The molecule has 0 aromatic carbocycles. The number of carboxylic acids is 1. The molecule has 2 amide bonds. The van der Waals surface area contributed by atoms with Crippen molar-refractivity contribution in [2.24, 2.45) is 5.41 Å². The van der Waals surface area contributed by atoms with E-state index >= 15 is 0 Å². The lowest BCUT2D eigenvalue weighted by Crippen LogP contribution is -2.42. The Morgan fingerprint density at radius 3 is 2.44 bits per heavy atom. The van der Waals surface area contributed by atoms with Crippen LogP contribution in [0.25, 0.3) is 0 Å². The van der Waals surface area contributed by atoms with Gasteiger partial charge in [0, 0.05) is 26.7 Å². The van der Waals surface area contributed by atoms with Crippen LogP contribution < -0.4 is 0 Å². The van der Waals surface area contributed by atoms with Gasteiger partial charge in [-0.05, 0) is 19.8 Å². The molecule has 92 valence electrons. The first kappa shape index (κ1) is 12.8. The summed E-state index contributed by atoms with van der Waals surface area (Å²) in [5, 5.41) is 9.21. The molecule has 16 heavy (non-hydrogen) atoms. The number of urea groups is 1. The molecule has 1 aliphatic heterocycles. The monoisotopic (exact) mass is 228 g/mol. The van der Waals surface area contributed by atoms with E-state index in [9.17, 15) is 14.7 Å².